The van der Waals surface area contributed by atoms with Crippen LogP contribution in [0.3, 0.4) is 0 Å². The Morgan fingerprint density at radius 3 is 2.80 bits per heavy atom. The molecule has 4 atom stereocenters. The van der Waals surface area contributed by atoms with Gasteiger partial charge >= 0.3 is 0 Å². The molecule has 3 aliphatic carbocycles. The minimum atomic E-state index is 0.505. The fourth-order valence-electron chi connectivity index (χ4n) is 5.36. The van der Waals surface area contributed by atoms with Crippen LogP contribution in [0.5, 0.6) is 0 Å². The van der Waals surface area contributed by atoms with E-state index in [0.717, 1.165) is 12.0 Å². The minimum absolute atomic E-state index is 0.505. The van der Waals surface area contributed by atoms with E-state index < -0.39 is 0 Å². The summed E-state index contributed by atoms with van der Waals surface area (Å²) in [6.45, 7) is 7.58. The van der Waals surface area contributed by atoms with Crippen LogP contribution in [-0.2, 0) is 6.42 Å². The fraction of sp³-hybridized carbons (Fsp3) is 0.778. The standard InChI is InChI=1S/C18H27NS/c1-17(2)12-7-9-18(17,3)16(11-12)19-14-5-4-6-15-13(14)8-10-20-15/h8,10,12,14,16,19H,4-7,9,11H2,1-3H3. The van der Waals surface area contributed by atoms with Crippen molar-refractivity contribution in [3.63, 3.8) is 0 Å². The highest BCUT2D eigenvalue weighted by Crippen LogP contribution is 2.65. The maximum absolute atomic E-state index is 4.09. The van der Waals surface area contributed by atoms with E-state index in [0.29, 0.717) is 16.9 Å². The molecule has 1 nitrogen and oxygen atoms in total. The van der Waals surface area contributed by atoms with Crippen LogP contribution in [0.1, 0.15) is 69.4 Å². The van der Waals surface area contributed by atoms with Crippen molar-refractivity contribution in [2.24, 2.45) is 16.7 Å². The highest BCUT2D eigenvalue weighted by Gasteiger charge is 2.61. The van der Waals surface area contributed by atoms with Gasteiger partial charge < -0.3 is 5.32 Å². The minimum Gasteiger partial charge on any atom is -0.307 e. The predicted molar refractivity (Wildman–Crippen MR) is 86.2 cm³/mol. The van der Waals surface area contributed by atoms with Gasteiger partial charge in [-0.1, -0.05) is 20.8 Å². The van der Waals surface area contributed by atoms with Crippen LogP contribution in [-0.4, -0.2) is 6.04 Å². The van der Waals surface area contributed by atoms with Crippen molar-refractivity contribution in [3.05, 3.63) is 21.9 Å². The zero-order valence-electron chi connectivity index (χ0n) is 13.0. The molecule has 3 aliphatic rings. The SMILES string of the molecule is CC1(C)C2CCC1(C)C(NC1CCCc3sccc31)C2. The molecular weight excluding hydrogens is 262 g/mol. The van der Waals surface area contributed by atoms with Crippen LogP contribution in [0.15, 0.2) is 11.4 Å². The largest absolute Gasteiger partial charge is 0.307 e. The quantitative estimate of drug-likeness (QED) is 0.814. The van der Waals surface area contributed by atoms with Crippen molar-refractivity contribution in [2.75, 3.05) is 0 Å². The summed E-state index contributed by atoms with van der Waals surface area (Å²) in [7, 11) is 0. The predicted octanol–water partition coefficient (Wildman–Crippen LogP) is 4.93. The van der Waals surface area contributed by atoms with Crippen molar-refractivity contribution >= 4 is 11.3 Å². The summed E-state index contributed by atoms with van der Waals surface area (Å²) in [5.41, 5.74) is 2.65. The van der Waals surface area contributed by atoms with E-state index in [4.69, 9.17) is 0 Å². The number of hydrogen-bond donors (Lipinski definition) is 1. The molecule has 0 aliphatic heterocycles. The molecule has 1 heterocycles. The van der Waals surface area contributed by atoms with Crippen LogP contribution in [0.4, 0.5) is 0 Å². The summed E-state index contributed by atoms with van der Waals surface area (Å²) in [6.07, 6.45) is 8.28. The van der Waals surface area contributed by atoms with Crippen LogP contribution in [0.2, 0.25) is 0 Å². The zero-order chi connectivity index (χ0) is 14.0. The first-order valence-electron chi connectivity index (χ1n) is 8.35. The molecule has 0 radical (unpaired) electrons. The Bertz CT molecular complexity index is 517. The van der Waals surface area contributed by atoms with Gasteiger partial charge in [0.1, 0.15) is 0 Å². The average molecular weight is 289 g/mol. The summed E-state index contributed by atoms with van der Waals surface area (Å²) < 4.78 is 0. The lowest BCUT2D eigenvalue weighted by atomic mass is 9.69. The molecule has 110 valence electrons. The van der Waals surface area contributed by atoms with Gasteiger partial charge in [0.25, 0.3) is 0 Å². The number of nitrogens with one attached hydrogen (secondary N) is 1. The van der Waals surface area contributed by atoms with Gasteiger partial charge in [-0.15, -0.1) is 11.3 Å². The Morgan fingerprint density at radius 2 is 2.10 bits per heavy atom. The normalized spacial score (nSPS) is 41.9. The number of thiophene rings is 1. The first kappa shape index (κ1) is 13.3. The van der Waals surface area contributed by atoms with Gasteiger partial charge in [-0.25, -0.2) is 0 Å². The summed E-state index contributed by atoms with van der Waals surface area (Å²) in [5, 5.41) is 6.38. The number of aryl methyl sites for hydroxylation is 1. The van der Waals surface area contributed by atoms with Gasteiger partial charge in [0, 0.05) is 17.0 Å². The second-order valence-corrected chi connectivity index (χ2v) is 9.07. The van der Waals surface area contributed by atoms with E-state index in [1.807, 2.05) is 11.3 Å². The lowest BCUT2D eigenvalue weighted by molar-refractivity contribution is 0.113. The molecule has 20 heavy (non-hydrogen) atoms. The van der Waals surface area contributed by atoms with Crippen LogP contribution in [0, 0.1) is 16.7 Å². The van der Waals surface area contributed by atoms with Gasteiger partial charge in [-0.2, -0.15) is 0 Å². The van der Waals surface area contributed by atoms with Gasteiger partial charge in [0.2, 0.25) is 0 Å². The highest BCUT2D eigenvalue weighted by molar-refractivity contribution is 7.10. The Balaban J connectivity index is 1.58. The molecule has 1 N–H and O–H groups in total. The molecule has 0 saturated heterocycles. The maximum atomic E-state index is 4.09. The van der Waals surface area contributed by atoms with Crippen molar-refractivity contribution in [3.8, 4) is 0 Å². The molecule has 1 aromatic rings. The van der Waals surface area contributed by atoms with E-state index in [1.165, 1.54) is 38.5 Å². The molecular formula is C18H27NS. The second-order valence-electron chi connectivity index (χ2n) is 8.07. The molecule has 0 aromatic carbocycles. The van der Waals surface area contributed by atoms with Crippen molar-refractivity contribution in [1.29, 1.82) is 0 Å². The molecule has 2 fully saturated rings. The van der Waals surface area contributed by atoms with Gasteiger partial charge in [0.05, 0.1) is 0 Å². The molecule has 0 spiro atoms. The number of hydrogen-bond acceptors (Lipinski definition) is 2. The van der Waals surface area contributed by atoms with E-state index >= 15 is 0 Å². The highest BCUT2D eigenvalue weighted by atomic mass is 32.1. The topological polar surface area (TPSA) is 12.0 Å². The van der Waals surface area contributed by atoms with Crippen molar-refractivity contribution < 1.29 is 0 Å². The maximum Gasteiger partial charge on any atom is 0.0334 e. The average Bonchev–Trinajstić information content (AvgIpc) is 3.02. The monoisotopic (exact) mass is 289 g/mol. The number of rotatable bonds is 2. The summed E-state index contributed by atoms with van der Waals surface area (Å²) in [6, 6.07) is 3.73. The Morgan fingerprint density at radius 1 is 1.25 bits per heavy atom. The van der Waals surface area contributed by atoms with E-state index in [9.17, 15) is 0 Å². The van der Waals surface area contributed by atoms with E-state index in [-0.39, 0.29) is 0 Å². The molecule has 0 amide bonds. The fourth-order valence-corrected chi connectivity index (χ4v) is 6.35. The Labute approximate surface area is 127 Å². The third kappa shape index (κ3) is 1.64. The van der Waals surface area contributed by atoms with E-state index in [1.54, 1.807) is 10.4 Å². The van der Waals surface area contributed by atoms with Gasteiger partial charge in [-0.05, 0) is 72.3 Å². The molecule has 2 heteroatoms. The van der Waals surface area contributed by atoms with E-state index in [2.05, 4.69) is 37.5 Å². The lowest BCUT2D eigenvalue weighted by Gasteiger charge is -2.41. The lowest BCUT2D eigenvalue weighted by Crippen LogP contribution is -2.46. The first-order chi connectivity index (χ1) is 9.52. The summed E-state index contributed by atoms with van der Waals surface area (Å²) in [5.74, 6) is 0.940. The number of fused-ring (bicyclic) bond motifs is 3. The van der Waals surface area contributed by atoms with Crippen LogP contribution >= 0.6 is 11.3 Å². The Hall–Kier alpha value is -0.340. The Kier molecular flexibility index (Phi) is 2.89. The molecule has 2 bridgehead atoms. The summed E-state index contributed by atoms with van der Waals surface area (Å²) >= 11 is 1.96. The van der Waals surface area contributed by atoms with Crippen LogP contribution in [0.25, 0.3) is 0 Å². The molecule has 1 aromatic heterocycles. The molecule has 2 saturated carbocycles. The van der Waals surface area contributed by atoms with Gasteiger partial charge in [-0.3, -0.25) is 0 Å². The van der Waals surface area contributed by atoms with Crippen molar-refractivity contribution in [1.82, 2.24) is 5.32 Å². The smallest absolute Gasteiger partial charge is 0.0334 e. The molecule has 4 rings (SSSR count). The summed E-state index contributed by atoms with van der Waals surface area (Å²) in [4.78, 5) is 1.64. The zero-order valence-corrected chi connectivity index (χ0v) is 13.9. The van der Waals surface area contributed by atoms with Crippen molar-refractivity contribution in [2.45, 2.75) is 71.4 Å². The second kappa shape index (κ2) is 4.33. The molecule has 4 unspecified atom stereocenters. The third-order valence-corrected chi connectivity index (χ3v) is 8.24. The third-order valence-electron chi connectivity index (χ3n) is 7.25. The van der Waals surface area contributed by atoms with Gasteiger partial charge in [0.15, 0.2) is 0 Å². The van der Waals surface area contributed by atoms with Crippen LogP contribution < -0.4 is 5.32 Å². The first-order valence-corrected chi connectivity index (χ1v) is 9.22.